The summed E-state index contributed by atoms with van der Waals surface area (Å²) >= 11 is 0. The molecule has 0 aromatic rings. The van der Waals surface area contributed by atoms with E-state index >= 15 is 0 Å². The second-order valence-electron chi connectivity index (χ2n) is 2.87. The molecule has 2 rings (SSSR count). The van der Waals surface area contributed by atoms with Crippen LogP contribution >= 0.6 is 9.39 Å². The molecular weight excluding hydrogens is 133 g/mol. The Morgan fingerprint density at radius 1 is 1.22 bits per heavy atom. The van der Waals surface area contributed by atoms with Gasteiger partial charge >= 0.3 is 0 Å². The van der Waals surface area contributed by atoms with E-state index in [4.69, 9.17) is 4.74 Å². The Kier molecular flexibility index (Phi) is 1.48. The van der Waals surface area contributed by atoms with Crippen LogP contribution in [0.5, 0.6) is 0 Å². The SMILES string of the molecule is PN1C2CCC1COC2. The van der Waals surface area contributed by atoms with Crippen molar-refractivity contribution < 1.29 is 4.74 Å². The first kappa shape index (κ1) is 6.09. The summed E-state index contributed by atoms with van der Waals surface area (Å²) in [5.74, 6) is 0. The Bertz CT molecular complexity index is 104. The van der Waals surface area contributed by atoms with E-state index in [0.717, 1.165) is 13.2 Å². The molecule has 52 valence electrons. The van der Waals surface area contributed by atoms with Gasteiger partial charge in [-0.15, -0.1) is 0 Å². The zero-order chi connectivity index (χ0) is 6.27. The van der Waals surface area contributed by atoms with Gasteiger partial charge in [0.15, 0.2) is 0 Å². The molecule has 3 heteroatoms. The van der Waals surface area contributed by atoms with Crippen LogP contribution in [0.15, 0.2) is 0 Å². The lowest BCUT2D eigenvalue weighted by molar-refractivity contribution is 0.0313. The molecule has 0 saturated carbocycles. The smallest absolute Gasteiger partial charge is 0.0625 e. The highest BCUT2D eigenvalue weighted by Gasteiger charge is 2.34. The van der Waals surface area contributed by atoms with Gasteiger partial charge in [0.1, 0.15) is 0 Å². The quantitative estimate of drug-likeness (QED) is 0.464. The van der Waals surface area contributed by atoms with Gasteiger partial charge in [-0.05, 0) is 12.8 Å². The van der Waals surface area contributed by atoms with Gasteiger partial charge in [0.05, 0.1) is 13.2 Å². The van der Waals surface area contributed by atoms with Gasteiger partial charge in [0, 0.05) is 12.1 Å². The highest BCUT2D eigenvalue weighted by molar-refractivity contribution is 7.13. The van der Waals surface area contributed by atoms with Crippen LogP contribution in [0.2, 0.25) is 0 Å². The largest absolute Gasteiger partial charge is 0.378 e. The molecule has 2 heterocycles. The molecule has 3 atom stereocenters. The van der Waals surface area contributed by atoms with Crippen LogP contribution in [0.25, 0.3) is 0 Å². The molecule has 2 bridgehead atoms. The first-order chi connectivity index (χ1) is 4.38. The van der Waals surface area contributed by atoms with E-state index in [2.05, 4.69) is 14.1 Å². The molecule has 0 amide bonds. The summed E-state index contributed by atoms with van der Waals surface area (Å²) in [6.07, 6.45) is 2.66. The molecule has 0 aliphatic carbocycles. The lowest BCUT2D eigenvalue weighted by Gasteiger charge is -2.30. The van der Waals surface area contributed by atoms with Crippen LogP contribution < -0.4 is 0 Å². The maximum atomic E-state index is 5.37. The van der Waals surface area contributed by atoms with Crippen molar-refractivity contribution in [1.82, 2.24) is 4.67 Å². The van der Waals surface area contributed by atoms with Crippen molar-refractivity contribution in [2.75, 3.05) is 13.2 Å². The summed E-state index contributed by atoms with van der Waals surface area (Å²) in [6, 6.07) is 1.41. The van der Waals surface area contributed by atoms with Crippen molar-refractivity contribution >= 4 is 9.39 Å². The molecule has 2 fully saturated rings. The second kappa shape index (κ2) is 2.19. The van der Waals surface area contributed by atoms with E-state index in [9.17, 15) is 0 Å². The fraction of sp³-hybridized carbons (Fsp3) is 1.00. The summed E-state index contributed by atoms with van der Waals surface area (Å²) in [6.45, 7) is 1.89. The van der Waals surface area contributed by atoms with Crippen LogP contribution in [0.1, 0.15) is 12.8 Å². The van der Waals surface area contributed by atoms with Gasteiger partial charge in [0.2, 0.25) is 0 Å². The highest BCUT2D eigenvalue weighted by atomic mass is 31.0. The summed E-state index contributed by atoms with van der Waals surface area (Å²) in [7, 11) is 2.80. The molecule has 0 aromatic heterocycles. The molecule has 0 radical (unpaired) electrons. The predicted octanol–water partition coefficient (Wildman–Crippen LogP) is 0.640. The molecule has 0 spiro atoms. The Balaban J connectivity index is 2.10. The highest BCUT2D eigenvalue weighted by Crippen LogP contribution is 2.31. The minimum atomic E-state index is 0.703. The van der Waals surface area contributed by atoms with Crippen molar-refractivity contribution in [2.24, 2.45) is 0 Å². The van der Waals surface area contributed by atoms with Crippen LogP contribution in [-0.4, -0.2) is 30.0 Å². The van der Waals surface area contributed by atoms with E-state index in [1.54, 1.807) is 0 Å². The van der Waals surface area contributed by atoms with Crippen LogP contribution in [0.4, 0.5) is 0 Å². The molecule has 0 N–H and O–H groups in total. The number of nitrogens with zero attached hydrogens (tertiary/aromatic N) is 1. The zero-order valence-corrected chi connectivity index (χ0v) is 6.57. The first-order valence-electron chi connectivity index (χ1n) is 3.48. The third kappa shape index (κ3) is 0.899. The summed E-state index contributed by atoms with van der Waals surface area (Å²) in [5.41, 5.74) is 0. The van der Waals surface area contributed by atoms with Crippen LogP contribution in [0, 0.1) is 0 Å². The van der Waals surface area contributed by atoms with Crippen LogP contribution in [0.3, 0.4) is 0 Å². The summed E-state index contributed by atoms with van der Waals surface area (Å²) < 4.78 is 7.75. The van der Waals surface area contributed by atoms with Gasteiger partial charge in [-0.3, -0.25) is 4.67 Å². The van der Waals surface area contributed by atoms with Crippen molar-refractivity contribution in [3.05, 3.63) is 0 Å². The third-order valence-corrected chi connectivity index (χ3v) is 3.14. The number of morpholine rings is 1. The number of ether oxygens (including phenoxy) is 1. The standard InChI is InChI=1S/C6H12NOP/c9-7-5-1-2-6(7)4-8-3-5/h5-6H,1-4,9H2. The van der Waals surface area contributed by atoms with E-state index in [1.807, 2.05) is 0 Å². The van der Waals surface area contributed by atoms with Crippen LogP contribution in [-0.2, 0) is 4.74 Å². The lowest BCUT2D eigenvalue weighted by atomic mass is 10.2. The number of rotatable bonds is 0. The Hall–Kier alpha value is 0.350. The third-order valence-electron chi connectivity index (χ3n) is 2.30. The Labute approximate surface area is 57.8 Å². The number of fused-ring (bicyclic) bond motifs is 2. The minimum absolute atomic E-state index is 0.703. The second-order valence-corrected chi connectivity index (χ2v) is 3.47. The van der Waals surface area contributed by atoms with Crippen molar-refractivity contribution in [3.63, 3.8) is 0 Å². The van der Waals surface area contributed by atoms with Crippen molar-refractivity contribution in [3.8, 4) is 0 Å². The molecular formula is C6H12NOP. The van der Waals surface area contributed by atoms with E-state index in [1.165, 1.54) is 12.8 Å². The Morgan fingerprint density at radius 2 is 1.78 bits per heavy atom. The lowest BCUT2D eigenvalue weighted by Crippen LogP contribution is -2.38. The van der Waals surface area contributed by atoms with Gasteiger partial charge in [0.25, 0.3) is 0 Å². The van der Waals surface area contributed by atoms with E-state index < -0.39 is 0 Å². The van der Waals surface area contributed by atoms with Crippen molar-refractivity contribution in [2.45, 2.75) is 24.9 Å². The van der Waals surface area contributed by atoms with Gasteiger partial charge < -0.3 is 4.74 Å². The predicted molar refractivity (Wildman–Crippen MR) is 39.2 cm³/mol. The minimum Gasteiger partial charge on any atom is -0.378 e. The Morgan fingerprint density at radius 3 is 2.22 bits per heavy atom. The molecule has 9 heavy (non-hydrogen) atoms. The molecule has 2 aliphatic heterocycles. The maximum Gasteiger partial charge on any atom is 0.0625 e. The average Bonchev–Trinajstić information content (AvgIpc) is 2.19. The fourth-order valence-corrected chi connectivity index (χ4v) is 2.13. The first-order valence-corrected chi connectivity index (χ1v) is 4.00. The monoisotopic (exact) mass is 145 g/mol. The van der Waals surface area contributed by atoms with E-state index in [-0.39, 0.29) is 0 Å². The zero-order valence-electron chi connectivity index (χ0n) is 5.42. The fourth-order valence-electron chi connectivity index (χ4n) is 1.66. The van der Waals surface area contributed by atoms with Gasteiger partial charge in [-0.2, -0.15) is 0 Å². The van der Waals surface area contributed by atoms with Crippen molar-refractivity contribution in [1.29, 1.82) is 0 Å². The molecule has 0 aromatic carbocycles. The number of hydrogen-bond donors (Lipinski definition) is 0. The normalized spacial score (nSPS) is 43.7. The van der Waals surface area contributed by atoms with E-state index in [0.29, 0.717) is 12.1 Å². The summed E-state index contributed by atoms with van der Waals surface area (Å²) in [4.78, 5) is 0. The molecule has 3 unspecified atom stereocenters. The topological polar surface area (TPSA) is 12.5 Å². The molecule has 2 aliphatic rings. The number of hydrogen-bond acceptors (Lipinski definition) is 2. The molecule has 2 nitrogen and oxygen atoms in total. The van der Waals surface area contributed by atoms with Gasteiger partial charge in [-0.1, -0.05) is 9.39 Å². The maximum absolute atomic E-state index is 5.37. The summed E-state index contributed by atoms with van der Waals surface area (Å²) in [5, 5.41) is 0. The average molecular weight is 145 g/mol. The van der Waals surface area contributed by atoms with Gasteiger partial charge in [-0.25, -0.2) is 0 Å². The molecule has 2 saturated heterocycles.